The van der Waals surface area contributed by atoms with Crippen molar-refractivity contribution in [3.05, 3.63) is 23.3 Å². The molecule has 0 aromatic rings. The maximum Gasteiger partial charge on any atom is 0.0602 e. The Kier molecular flexibility index (Phi) is 4.29. The van der Waals surface area contributed by atoms with E-state index in [1.807, 2.05) is 0 Å². The molecule has 3 aliphatic rings. The normalized spacial score (nSPS) is 45.7. The second-order valence-electron chi connectivity index (χ2n) is 7.91. The second-order valence-corrected chi connectivity index (χ2v) is 7.91. The van der Waals surface area contributed by atoms with Crippen LogP contribution in [0.2, 0.25) is 0 Å². The zero-order valence-corrected chi connectivity index (χ0v) is 13.5. The molecule has 0 aliphatic heterocycles. The van der Waals surface area contributed by atoms with E-state index in [1.54, 1.807) is 5.57 Å². The summed E-state index contributed by atoms with van der Waals surface area (Å²) in [4.78, 5) is 0. The van der Waals surface area contributed by atoms with Crippen molar-refractivity contribution in [3.8, 4) is 0 Å². The number of rotatable bonds is 1. The SMILES string of the molecule is CC1CCC2/C(=C/C=C3C[C@@H](O)C[C@H](O)C3)CCC[C@]12C. The molecular weight excluding hydrogens is 260 g/mol. The number of aliphatic hydroxyl groups is 2. The molecule has 2 unspecified atom stereocenters. The summed E-state index contributed by atoms with van der Waals surface area (Å²) in [6.07, 6.45) is 12.5. The minimum atomic E-state index is -0.360. The first-order chi connectivity index (χ1) is 9.99. The molecule has 118 valence electrons. The topological polar surface area (TPSA) is 40.5 Å². The Hall–Kier alpha value is -0.600. The van der Waals surface area contributed by atoms with Gasteiger partial charge in [-0.25, -0.2) is 0 Å². The first-order valence-electron chi connectivity index (χ1n) is 8.73. The van der Waals surface area contributed by atoms with Gasteiger partial charge in [-0.15, -0.1) is 0 Å². The highest BCUT2D eigenvalue weighted by atomic mass is 16.3. The minimum Gasteiger partial charge on any atom is -0.393 e. The fraction of sp³-hybridized carbons (Fsp3) is 0.789. The number of allylic oxidation sites excluding steroid dienone is 3. The Morgan fingerprint density at radius 3 is 2.52 bits per heavy atom. The lowest BCUT2D eigenvalue weighted by Crippen LogP contribution is -2.32. The van der Waals surface area contributed by atoms with Crippen LogP contribution in [0.4, 0.5) is 0 Å². The van der Waals surface area contributed by atoms with E-state index in [4.69, 9.17) is 0 Å². The lowest BCUT2D eigenvalue weighted by Gasteiger charge is -2.41. The van der Waals surface area contributed by atoms with E-state index in [2.05, 4.69) is 26.0 Å². The molecule has 0 heterocycles. The molecule has 3 aliphatic carbocycles. The van der Waals surface area contributed by atoms with Gasteiger partial charge in [-0.05, 0) is 68.6 Å². The highest BCUT2D eigenvalue weighted by Gasteiger charge is 2.46. The van der Waals surface area contributed by atoms with Crippen LogP contribution in [0.5, 0.6) is 0 Å². The fourth-order valence-corrected chi connectivity index (χ4v) is 5.03. The fourth-order valence-electron chi connectivity index (χ4n) is 5.03. The Morgan fingerprint density at radius 2 is 1.81 bits per heavy atom. The molecule has 0 spiro atoms. The molecule has 3 fully saturated rings. The molecule has 0 radical (unpaired) electrons. The zero-order valence-electron chi connectivity index (χ0n) is 13.5. The van der Waals surface area contributed by atoms with Crippen LogP contribution in [0, 0.1) is 17.3 Å². The van der Waals surface area contributed by atoms with Crippen LogP contribution >= 0.6 is 0 Å². The molecule has 2 N–H and O–H groups in total. The van der Waals surface area contributed by atoms with Crippen LogP contribution in [0.1, 0.15) is 65.2 Å². The second kappa shape index (κ2) is 5.89. The lowest BCUT2D eigenvalue weighted by atomic mass is 9.64. The lowest BCUT2D eigenvalue weighted by molar-refractivity contribution is 0.0609. The molecule has 2 heteroatoms. The van der Waals surface area contributed by atoms with Crippen LogP contribution in [0.25, 0.3) is 0 Å². The molecule has 0 amide bonds. The smallest absolute Gasteiger partial charge is 0.0602 e. The Bertz CT molecular complexity index is 438. The van der Waals surface area contributed by atoms with Crippen molar-refractivity contribution in [3.63, 3.8) is 0 Å². The van der Waals surface area contributed by atoms with Gasteiger partial charge in [0, 0.05) is 0 Å². The van der Waals surface area contributed by atoms with E-state index in [-0.39, 0.29) is 12.2 Å². The molecule has 3 saturated carbocycles. The van der Waals surface area contributed by atoms with Gasteiger partial charge in [-0.1, -0.05) is 37.1 Å². The van der Waals surface area contributed by atoms with Gasteiger partial charge in [0.25, 0.3) is 0 Å². The van der Waals surface area contributed by atoms with E-state index in [0.717, 1.165) is 24.7 Å². The van der Waals surface area contributed by atoms with Crippen molar-refractivity contribution < 1.29 is 10.2 Å². The van der Waals surface area contributed by atoms with Crippen LogP contribution in [0.3, 0.4) is 0 Å². The van der Waals surface area contributed by atoms with Gasteiger partial charge in [0.2, 0.25) is 0 Å². The summed E-state index contributed by atoms with van der Waals surface area (Å²) in [7, 11) is 0. The predicted molar refractivity (Wildman–Crippen MR) is 85.9 cm³/mol. The summed E-state index contributed by atoms with van der Waals surface area (Å²) in [6.45, 7) is 4.92. The third kappa shape index (κ3) is 2.98. The molecule has 3 rings (SSSR count). The average Bonchev–Trinajstić information content (AvgIpc) is 2.72. The number of hydrogen-bond donors (Lipinski definition) is 2. The van der Waals surface area contributed by atoms with E-state index in [9.17, 15) is 10.2 Å². The van der Waals surface area contributed by atoms with E-state index in [1.165, 1.54) is 37.7 Å². The van der Waals surface area contributed by atoms with E-state index in [0.29, 0.717) is 11.8 Å². The summed E-state index contributed by atoms with van der Waals surface area (Å²) < 4.78 is 0. The molecule has 0 aromatic carbocycles. The first kappa shape index (κ1) is 15.3. The molecular formula is C19H30O2. The molecule has 5 atom stereocenters. The van der Waals surface area contributed by atoms with E-state index >= 15 is 0 Å². The molecule has 0 bridgehead atoms. The van der Waals surface area contributed by atoms with Crippen molar-refractivity contribution >= 4 is 0 Å². The summed E-state index contributed by atoms with van der Waals surface area (Å²) in [5, 5.41) is 19.6. The van der Waals surface area contributed by atoms with Gasteiger partial charge in [-0.2, -0.15) is 0 Å². The minimum absolute atomic E-state index is 0.360. The zero-order chi connectivity index (χ0) is 15.0. The van der Waals surface area contributed by atoms with Gasteiger partial charge < -0.3 is 10.2 Å². The van der Waals surface area contributed by atoms with Crippen LogP contribution in [-0.4, -0.2) is 22.4 Å². The predicted octanol–water partition coefficient (Wildman–Crippen LogP) is 3.98. The highest BCUT2D eigenvalue weighted by Crippen LogP contribution is 2.57. The third-order valence-electron chi connectivity index (χ3n) is 6.51. The summed E-state index contributed by atoms with van der Waals surface area (Å²) in [6, 6.07) is 0. The Balaban J connectivity index is 1.77. The van der Waals surface area contributed by atoms with Crippen molar-refractivity contribution in [2.24, 2.45) is 17.3 Å². The Labute approximate surface area is 128 Å². The van der Waals surface area contributed by atoms with Gasteiger partial charge >= 0.3 is 0 Å². The van der Waals surface area contributed by atoms with Gasteiger partial charge in [0.15, 0.2) is 0 Å². The Morgan fingerprint density at radius 1 is 1.10 bits per heavy atom. The number of hydrogen-bond acceptors (Lipinski definition) is 2. The van der Waals surface area contributed by atoms with Crippen LogP contribution in [-0.2, 0) is 0 Å². The van der Waals surface area contributed by atoms with Crippen molar-refractivity contribution in [1.29, 1.82) is 0 Å². The van der Waals surface area contributed by atoms with Crippen molar-refractivity contribution in [1.82, 2.24) is 0 Å². The molecule has 2 nitrogen and oxygen atoms in total. The van der Waals surface area contributed by atoms with Gasteiger partial charge in [-0.3, -0.25) is 0 Å². The van der Waals surface area contributed by atoms with Crippen molar-refractivity contribution in [2.45, 2.75) is 77.4 Å². The third-order valence-corrected chi connectivity index (χ3v) is 6.51. The standard InChI is InChI=1S/C19H30O2/c1-13-5-8-18-15(4-3-9-19(13,18)2)7-6-14-10-16(20)12-17(21)11-14/h6-7,13,16-18,20-21H,3-5,8-12H2,1-2H3/b15-7+/t13?,16-,17-,18?,19-/m1/s1. The maximum atomic E-state index is 9.79. The summed E-state index contributed by atoms with van der Waals surface area (Å²) in [5.41, 5.74) is 3.34. The average molecular weight is 290 g/mol. The molecule has 21 heavy (non-hydrogen) atoms. The summed E-state index contributed by atoms with van der Waals surface area (Å²) >= 11 is 0. The van der Waals surface area contributed by atoms with E-state index < -0.39 is 0 Å². The van der Waals surface area contributed by atoms with Crippen LogP contribution in [0.15, 0.2) is 23.3 Å². The highest BCUT2D eigenvalue weighted by molar-refractivity contribution is 5.25. The monoisotopic (exact) mass is 290 g/mol. The number of fused-ring (bicyclic) bond motifs is 1. The first-order valence-corrected chi connectivity index (χ1v) is 8.73. The largest absolute Gasteiger partial charge is 0.393 e. The molecule has 0 saturated heterocycles. The van der Waals surface area contributed by atoms with Crippen LogP contribution < -0.4 is 0 Å². The summed E-state index contributed by atoms with van der Waals surface area (Å²) in [5.74, 6) is 1.61. The van der Waals surface area contributed by atoms with Crippen molar-refractivity contribution in [2.75, 3.05) is 0 Å². The molecule has 0 aromatic heterocycles. The van der Waals surface area contributed by atoms with Gasteiger partial charge in [0.05, 0.1) is 12.2 Å². The quantitative estimate of drug-likeness (QED) is 0.767. The van der Waals surface area contributed by atoms with Gasteiger partial charge in [0.1, 0.15) is 0 Å². The maximum absolute atomic E-state index is 9.79. The number of aliphatic hydroxyl groups excluding tert-OH is 2.